The van der Waals surface area contributed by atoms with Gasteiger partial charge in [0.15, 0.2) is 0 Å². The van der Waals surface area contributed by atoms with Crippen molar-refractivity contribution in [3.8, 4) is 12.3 Å². The molecule has 0 saturated heterocycles. The topological polar surface area (TPSA) is 0 Å². The van der Waals surface area contributed by atoms with E-state index >= 15 is 0 Å². The van der Waals surface area contributed by atoms with Crippen LogP contribution in [0.25, 0.3) is 0 Å². The van der Waals surface area contributed by atoms with Gasteiger partial charge in [-0.15, -0.1) is 12.3 Å². The molecular formula is C11H20. The van der Waals surface area contributed by atoms with Gasteiger partial charge in [-0.25, -0.2) is 0 Å². The first-order valence-corrected chi connectivity index (χ1v) is 4.54. The molecule has 0 saturated carbocycles. The second kappa shape index (κ2) is 4.44. The van der Waals surface area contributed by atoms with E-state index in [2.05, 4.69) is 33.6 Å². The Morgan fingerprint density at radius 2 is 1.91 bits per heavy atom. The number of terminal acetylenes is 1. The lowest BCUT2D eigenvalue weighted by Gasteiger charge is -2.29. The van der Waals surface area contributed by atoms with Crippen molar-refractivity contribution in [3.05, 3.63) is 0 Å². The minimum atomic E-state index is 0.324. The molecule has 0 rings (SSSR count). The van der Waals surface area contributed by atoms with Crippen LogP contribution in [0.4, 0.5) is 0 Å². The number of rotatable bonds is 4. The fourth-order valence-corrected chi connectivity index (χ4v) is 1.23. The molecular weight excluding hydrogens is 132 g/mol. The Labute approximate surface area is 71.4 Å². The summed E-state index contributed by atoms with van der Waals surface area (Å²) in [5.74, 6) is 3.35. The monoisotopic (exact) mass is 152 g/mol. The van der Waals surface area contributed by atoms with Crippen LogP contribution in [0.1, 0.15) is 47.0 Å². The van der Waals surface area contributed by atoms with Crippen molar-refractivity contribution in [1.82, 2.24) is 0 Å². The van der Waals surface area contributed by atoms with Gasteiger partial charge >= 0.3 is 0 Å². The van der Waals surface area contributed by atoms with Crippen molar-refractivity contribution >= 4 is 0 Å². The fraction of sp³-hybridized carbons (Fsp3) is 0.818. The highest BCUT2D eigenvalue weighted by Crippen LogP contribution is 2.32. The lowest BCUT2D eigenvalue weighted by atomic mass is 9.75. The Morgan fingerprint density at radius 1 is 1.36 bits per heavy atom. The van der Waals surface area contributed by atoms with E-state index < -0.39 is 0 Å². The third kappa shape index (κ3) is 2.97. The summed E-state index contributed by atoms with van der Waals surface area (Å²) >= 11 is 0. The Balaban J connectivity index is 4.14. The normalized spacial score (nSPS) is 14.1. The molecule has 0 heteroatoms. The van der Waals surface area contributed by atoms with Gasteiger partial charge in [0.2, 0.25) is 0 Å². The minimum Gasteiger partial charge on any atom is -0.120 e. The summed E-state index contributed by atoms with van der Waals surface area (Å²) in [6.07, 6.45) is 9.00. The molecule has 1 atom stereocenters. The van der Waals surface area contributed by atoms with Crippen LogP contribution >= 0.6 is 0 Å². The van der Waals surface area contributed by atoms with Crippen LogP contribution in [0, 0.1) is 23.7 Å². The van der Waals surface area contributed by atoms with Crippen molar-refractivity contribution < 1.29 is 0 Å². The largest absolute Gasteiger partial charge is 0.120 e. The zero-order valence-corrected chi connectivity index (χ0v) is 8.28. The summed E-state index contributed by atoms with van der Waals surface area (Å²) in [6, 6.07) is 0. The predicted molar refractivity (Wildman–Crippen MR) is 51.3 cm³/mol. The van der Waals surface area contributed by atoms with Crippen molar-refractivity contribution in [2.24, 2.45) is 11.3 Å². The highest BCUT2D eigenvalue weighted by atomic mass is 14.3. The van der Waals surface area contributed by atoms with Gasteiger partial charge in [0, 0.05) is 5.92 Å². The number of hydrogen-bond acceptors (Lipinski definition) is 0. The summed E-state index contributed by atoms with van der Waals surface area (Å²) in [7, 11) is 0. The molecule has 64 valence electrons. The Hall–Kier alpha value is -0.440. The second-order valence-electron chi connectivity index (χ2n) is 3.85. The first kappa shape index (κ1) is 10.6. The molecule has 0 N–H and O–H groups in total. The molecule has 0 nitrogen and oxygen atoms in total. The standard InChI is InChI=1S/C11H20/c1-6-9-10(7-2)11(4,5)8-3/h2,10H,6,8-9H2,1,3-5H3. The van der Waals surface area contributed by atoms with Crippen LogP contribution in [0.3, 0.4) is 0 Å². The molecule has 0 aromatic heterocycles. The maximum atomic E-state index is 5.47. The van der Waals surface area contributed by atoms with Gasteiger partial charge in [-0.05, 0) is 18.3 Å². The van der Waals surface area contributed by atoms with E-state index in [0.717, 1.165) is 6.42 Å². The van der Waals surface area contributed by atoms with Crippen LogP contribution in [-0.2, 0) is 0 Å². The Morgan fingerprint density at radius 3 is 2.18 bits per heavy atom. The van der Waals surface area contributed by atoms with E-state index in [1.54, 1.807) is 0 Å². The molecule has 0 aliphatic carbocycles. The van der Waals surface area contributed by atoms with Crippen LogP contribution in [0.2, 0.25) is 0 Å². The van der Waals surface area contributed by atoms with Crippen LogP contribution in [-0.4, -0.2) is 0 Å². The Kier molecular flexibility index (Phi) is 4.26. The molecule has 0 aromatic carbocycles. The van der Waals surface area contributed by atoms with Gasteiger partial charge in [-0.3, -0.25) is 0 Å². The zero-order chi connectivity index (χ0) is 8.91. The summed E-state index contributed by atoms with van der Waals surface area (Å²) < 4.78 is 0. The van der Waals surface area contributed by atoms with Crippen LogP contribution < -0.4 is 0 Å². The first-order chi connectivity index (χ1) is 5.08. The Bertz CT molecular complexity index is 137. The zero-order valence-electron chi connectivity index (χ0n) is 8.28. The minimum absolute atomic E-state index is 0.324. The van der Waals surface area contributed by atoms with E-state index in [0.29, 0.717) is 11.3 Å². The molecule has 0 aromatic rings. The summed E-state index contributed by atoms with van der Waals surface area (Å²) in [5.41, 5.74) is 0.324. The quantitative estimate of drug-likeness (QED) is 0.541. The third-order valence-electron chi connectivity index (χ3n) is 2.63. The molecule has 0 bridgehead atoms. The summed E-state index contributed by atoms with van der Waals surface area (Å²) in [4.78, 5) is 0. The fourth-order valence-electron chi connectivity index (χ4n) is 1.23. The van der Waals surface area contributed by atoms with Gasteiger partial charge in [-0.1, -0.05) is 34.1 Å². The van der Waals surface area contributed by atoms with Gasteiger partial charge < -0.3 is 0 Å². The molecule has 1 unspecified atom stereocenters. The van der Waals surface area contributed by atoms with Crippen molar-refractivity contribution in [3.63, 3.8) is 0 Å². The van der Waals surface area contributed by atoms with Crippen molar-refractivity contribution in [2.75, 3.05) is 0 Å². The van der Waals surface area contributed by atoms with Gasteiger partial charge in [-0.2, -0.15) is 0 Å². The van der Waals surface area contributed by atoms with E-state index in [4.69, 9.17) is 6.42 Å². The maximum absolute atomic E-state index is 5.47. The average Bonchev–Trinajstić information content (AvgIpc) is 2.00. The lowest BCUT2D eigenvalue weighted by molar-refractivity contribution is 0.244. The molecule has 0 aliphatic heterocycles. The maximum Gasteiger partial charge on any atom is 0.0251 e. The SMILES string of the molecule is C#CC(CCC)C(C)(C)CC. The number of hydrogen-bond donors (Lipinski definition) is 0. The van der Waals surface area contributed by atoms with E-state index in [9.17, 15) is 0 Å². The van der Waals surface area contributed by atoms with Gasteiger partial charge in [0.1, 0.15) is 0 Å². The molecule has 0 spiro atoms. The molecule has 11 heavy (non-hydrogen) atoms. The lowest BCUT2D eigenvalue weighted by Crippen LogP contribution is -2.21. The molecule has 0 heterocycles. The second-order valence-corrected chi connectivity index (χ2v) is 3.85. The van der Waals surface area contributed by atoms with E-state index in [1.807, 2.05) is 0 Å². The summed E-state index contributed by atoms with van der Waals surface area (Å²) in [6.45, 7) is 8.91. The van der Waals surface area contributed by atoms with E-state index in [1.165, 1.54) is 12.8 Å². The molecule has 0 fully saturated rings. The highest BCUT2D eigenvalue weighted by molar-refractivity contribution is 4.99. The van der Waals surface area contributed by atoms with Crippen molar-refractivity contribution in [1.29, 1.82) is 0 Å². The van der Waals surface area contributed by atoms with Crippen LogP contribution in [0.15, 0.2) is 0 Å². The average molecular weight is 152 g/mol. The van der Waals surface area contributed by atoms with Gasteiger partial charge in [0.25, 0.3) is 0 Å². The molecule has 0 radical (unpaired) electrons. The van der Waals surface area contributed by atoms with Gasteiger partial charge in [0.05, 0.1) is 0 Å². The molecule has 0 amide bonds. The first-order valence-electron chi connectivity index (χ1n) is 4.54. The smallest absolute Gasteiger partial charge is 0.0251 e. The third-order valence-corrected chi connectivity index (χ3v) is 2.63. The molecule has 0 aliphatic rings. The predicted octanol–water partition coefficient (Wildman–Crippen LogP) is 3.47. The summed E-state index contributed by atoms with van der Waals surface area (Å²) in [5, 5.41) is 0. The van der Waals surface area contributed by atoms with Crippen molar-refractivity contribution in [2.45, 2.75) is 47.0 Å². The van der Waals surface area contributed by atoms with E-state index in [-0.39, 0.29) is 0 Å². The van der Waals surface area contributed by atoms with Crippen LogP contribution in [0.5, 0.6) is 0 Å². The highest BCUT2D eigenvalue weighted by Gasteiger charge is 2.24.